The predicted octanol–water partition coefficient (Wildman–Crippen LogP) is 2.67. The zero-order valence-corrected chi connectivity index (χ0v) is 16.0. The standard InChI is InChI=1S/C22H19N5O3/c28-10-11-30-14-26-13-23-19-20(26)25-22-24-18(12-27(22)21(19)29)17-8-6-16(7-9-17)15-4-2-1-3-5-15/h1-9,12-13,28H,10-11,14H2,(H,24,25). The van der Waals surface area contributed by atoms with Crippen LogP contribution >= 0.6 is 0 Å². The maximum Gasteiger partial charge on any atom is 0.287 e. The van der Waals surface area contributed by atoms with E-state index in [0.29, 0.717) is 11.4 Å². The summed E-state index contributed by atoms with van der Waals surface area (Å²) in [7, 11) is 0. The first-order chi connectivity index (χ1) is 14.7. The second kappa shape index (κ2) is 7.58. The van der Waals surface area contributed by atoms with Crippen molar-refractivity contribution in [1.82, 2.24) is 23.9 Å². The Bertz CT molecular complexity index is 1370. The van der Waals surface area contributed by atoms with Crippen LogP contribution in [-0.4, -0.2) is 42.2 Å². The molecule has 0 aliphatic carbocycles. The zero-order chi connectivity index (χ0) is 20.5. The molecule has 0 aliphatic heterocycles. The Morgan fingerprint density at radius 3 is 2.50 bits per heavy atom. The van der Waals surface area contributed by atoms with E-state index < -0.39 is 0 Å². The molecule has 0 aliphatic rings. The Hall–Kier alpha value is -3.75. The molecule has 8 heteroatoms. The fourth-order valence-electron chi connectivity index (χ4n) is 3.44. The van der Waals surface area contributed by atoms with Crippen LogP contribution in [0.15, 0.2) is 71.9 Å². The normalized spacial score (nSPS) is 11.5. The molecule has 0 saturated carbocycles. The number of hydrogen-bond acceptors (Lipinski definition) is 5. The van der Waals surface area contributed by atoms with E-state index in [1.165, 1.54) is 10.7 Å². The summed E-state index contributed by atoms with van der Waals surface area (Å²) in [6, 6.07) is 18.3. The number of imidazole rings is 2. The van der Waals surface area contributed by atoms with Gasteiger partial charge in [-0.15, -0.1) is 0 Å². The van der Waals surface area contributed by atoms with Gasteiger partial charge in [-0.25, -0.2) is 9.38 Å². The summed E-state index contributed by atoms with van der Waals surface area (Å²) < 4.78 is 8.43. The Morgan fingerprint density at radius 1 is 1.00 bits per heavy atom. The van der Waals surface area contributed by atoms with Crippen molar-refractivity contribution in [3.8, 4) is 22.4 Å². The summed E-state index contributed by atoms with van der Waals surface area (Å²) in [6.07, 6.45) is 3.25. The van der Waals surface area contributed by atoms with E-state index in [1.54, 1.807) is 10.8 Å². The van der Waals surface area contributed by atoms with Gasteiger partial charge in [0.2, 0.25) is 5.78 Å². The number of nitrogens with one attached hydrogen (secondary N) is 1. The molecule has 0 amide bonds. The molecule has 150 valence electrons. The van der Waals surface area contributed by atoms with Crippen LogP contribution in [0.3, 0.4) is 0 Å². The molecule has 2 aromatic carbocycles. The number of aromatic nitrogens is 5. The smallest absolute Gasteiger partial charge is 0.287 e. The van der Waals surface area contributed by atoms with Gasteiger partial charge in [0, 0.05) is 6.20 Å². The van der Waals surface area contributed by atoms with Gasteiger partial charge in [-0.2, -0.15) is 4.98 Å². The number of H-pyrrole nitrogens is 1. The van der Waals surface area contributed by atoms with Crippen LogP contribution < -0.4 is 5.56 Å². The van der Waals surface area contributed by atoms with Gasteiger partial charge in [-0.1, -0.05) is 54.6 Å². The number of nitrogens with zero attached hydrogens (tertiary/aromatic N) is 4. The number of aliphatic hydroxyl groups is 1. The quantitative estimate of drug-likeness (QED) is 0.427. The summed E-state index contributed by atoms with van der Waals surface area (Å²) in [5.74, 6) is 0.429. The van der Waals surface area contributed by atoms with Crippen molar-refractivity contribution >= 4 is 16.9 Å². The van der Waals surface area contributed by atoms with E-state index in [2.05, 4.69) is 39.2 Å². The Kier molecular flexibility index (Phi) is 4.62. The minimum Gasteiger partial charge on any atom is -0.394 e. The Balaban J connectivity index is 1.52. The molecule has 3 heterocycles. The van der Waals surface area contributed by atoms with E-state index in [4.69, 9.17) is 9.84 Å². The number of rotatable bonds is 6. The lowest BCUT2D eigenvalue weighted by Gasteiger charge is -2.03. The average Bonchev–Trinajstić information content (AvgIpc) is 3.40. The van der Waals surface area contributed by atoms with Crippen LogP contribution in [0.25, 0.3) is 39.3 Å². The molecule has 0 saturated heterocycles. The summed E-state index contributed by atoms with van der Waals surface area (Å²) in [6.45, 7) is 0.288. The SMILES string of the molecule is O=c1c2ncn(COCCO)c2nc2[nH]c(-c3ccc(-c4ccccc4)cc3)cn12. The molecule has 2 N–H and O–H groups in total. The summed E-state index contributed by atoms with van der Waals surface area (Å²) in [4.78, 5) is 24.8. The van der Waals surface area contributed by atoms with Crippen molar-refractivity contribution in [2.45, 2.75) is 6.73 Å². The fourth-order valence-corrected chi connectivity index (χ4v) is 3.44. The molecule has 0 atom stereocenters. The maximum absolute atomic E-state index is 12.9. The first kappa shape index (κ1) is 18.3. The molecule has 0 bridgehead atoms. The number of fused-ring (bicyclic) bond motifs is 2. The highest BCUT2D eigenvalue weighted by Crippen LogP contribution is 2.24. The second-order valence-corrected chi connectivity index (χ2v) is 6.87. The summed E-state index contributed by atoms with van der Waals surface area (Å²) >= 11 is 0. The van der Waals surface area contributed by atoms with Gasteiger partial charge in [0.1, 0.15) is 6.73 Å². The van der Waals surface area contributed by atoms with Crippen molar-refractivity contribution in [3.63, 3.8) is 0 Å². The molecule has 8 nitrogen and oxygen atoms in total. The number of benzene rings is 2. The van der Waals surface area contributed by atoms with Crippen LogP contribution in [0.2, 0.25) is 0 Å². The van der Waals surface area contributed by atoms with Crippen molar-refractivity contribution in [1.29, 1.82) is 0 Å². The van der Waals surface area contributed by atoms with E-state index >= 15 is 0 Å². The summed E-state index contributed by atoms with van der Waals surface area (Å²) in [5, 5.41) is 8.86. The minimum atomic E-state index is -0.251. The number of ether oxygens (including phenoxy) is 1. The first-order valence-corrected chi connectivity index (χ1v) is 9.55. The molecule has 0 spiro atoms. The molecular formula is C22H19N5O3. The van der Waals surface area contributed by atoms with E-state index in [-0.39, 0.29) is 31.0 Å². The van der Waals surface area contributed by atoms with Gasteiger partial charge in [0.25, 0.3) is 5.56 Å². The average molecular weight is 401 g/mol. The Labute approximate surface area is 171 Å². The molecule has 0 fully saturated rings. The predicted molar refractivity (Wildman–Crippen MR) is 113 cm³/mol. The van der Waals surface area contributed by atoms with E-state index in [9.17, 15) is 4.79 Å². The van der Waals surface area contributed by atoms with Gasteiger partial charge < -0.3 is 14.8 Å². The third-order valence-corrected chi connectivity index (χ3v) is 4.95. The van der Waals surface area contributed by atoms with Crippen LogP contribution in [-0.2, 0) is 11.5 Å². The summed E-state index contributed by atoms with van der Waals surface area (Å²) in [5.41, 5.74) is 4.46. The third kappa shape index (κ3) is 3.18. The largest absolute Gasteiger partial charge is 0.394 e. The van der Waals surface area contributed by atoms with Crippen molar-refractivity contribution in [3.05, 3.63) is 77.5 Å². The molecule has 5 aromatic rings. The van der Waals surface area contributed by atoms with Gasteiger partial charge in [-0.3, -0.25) is 9.36 Å². The highest BCUT2D eigenvalue weighted by Gasteiger charge is 2.14. The van der Waals surface area contributed by atoms with Gasteiger partial charge in [-0.05, 0) is 16.7 Å². The lowest BCUT2D eigenvalue weighted by atomic mass is 10.0. The Morgan fingerprint density at radius 2 is 1.73 bits per heavy atom. The number of aliphatic hydroxyl groups excluding tert-OH is 1. The third-order valence-electron chi connectivity index (χ3n) is 4.95. The fraction of sp³-hybridized carbons (Fsp3) is 0.136. The van der Waals surface area contributed by atoms with Crippen molar-refractivity contribution in [2.75, 3.05) is 13.2 Å². The second-order valence-electron chi connectivity index (χ2n) is 6.87. The lowest BCUT2D eigenvalue weighted by Crippen LogP contribution is -2.14. The van der Waals surface area contributed by atoms with Gasteiger partial charge in [0.05, 0.1) is 25.2 Å². The van der Waals surface area contributed by atoms with Crippen LogP contribution in [0.1, 0.15) is 0 Å². The van der Waals surface area contributed by atoms with Crippen LogP contribution in [0.4, 0.5) is 0 Å². The molecular weight excluding hydrogens is 382 g/mol. The number of hydrogen-bond donors (Lipinski definition) is 2. The van der Waals surface area contributed by atoms with Gasteiger partial charge in [0.15, 0.2) is 11.2 Å². The van der Waals surface area contributed by atoms with E-state index in [1.807, 2.05) is 30.3 Å². The molecule has 5 rings (SSSR count). The monoisotopic (exact) mass is 401 g/mol. The van der Waals surface area contributed by atoms with Crippen molar-refractivity contribution < 1.29 is 9.84 Å². The van der Waals surface area contributed by atoms with Gasteiger partial charge >= 0.3 is 0 Å². The van der Waals surface area contributed by atoms with Crippen LogP contribution in [0.5, 0.6) is 0 Å². The molecule has 3 aromatic heterocycles. The lowest BCUT2D eigenvalue weighted by molar-refractivity contribution is 0.0499. The maximum atomic E-state index is 12.9. The molecule has 30 heavy (non-hydrogen) atoms. The highest BCUT2D eigenvalue weighted by molar-refractivity contribution is 5.74. The minimum absolute atomic E-state index is 0.0734. The van der Waals surface area contributed by atoms with E-state index in [0.717, 1.165) is 22.4 Å². The molecule has 0 radical (unpaired) electrons. The van der Waals surface area contributed by atoms with Crippen molar-refractivity contribution in [2.24, 2.45) is 0 Å². The number of aromatic amines is 1. The topological polar surface area (TPSA) is 97.4 Å². The highest BCUT2D eigenvalue weighted by atomic mass is 16.5. The molecule has 0 unspecified atom stereocenters. The van der Waals surface area contributed by atoms with Crippen LogP contribution in [0, 0.1) is 0 Å². The first-order valence-electron chi connectivity index (χ1n) is 9.55. The zero-order valence-electron chi connectivity index (χ0n) is 16.0.